The van der Waals surface area contributed by atoms with Gasteiger partial charge in [0.15, 0.2) is 0 Å². The molecule has 2 nitrogen and oxygen atoms in total. The van der Waals surface area contributed by atoms with E-state index in [4.69, 9.17) is 0 Å². The van der Waals surface area contributed by atoms with E-state index in [0.29, 0.717) is 0 Å². The first-order valence-electron chi connectivity index (χ1n) is 16.5. The van der Waals surface area contributed by atoms with Crippen LogP contribution in [0.5, 0.6) is 0 Å². The first-order valence-corrected chi connectivity index (χ1v) is 16.5. The topological polar surface area (TPSA) is 6.48 Å². The molecule has 0 bridgehead atoms. The van der Waals surface area contributed by atoms with E-state index in [1.807, 2.05) is 0 Å². The van der Waals surface area contributed by atoms with E-state index < -0.39 is 0 Å². The monoisotopic (exact) mass is 576 g/mol. The average Bonchev–Trinajstić information content (AvgIpc) is 3.37. The zero-order valence-corrected chi connectivity index (χ0v) is 25.3. The highest BCUT2D eigenvalue weighted by molar-refractivity contribution is 7.00. The Morgan fingerprint density at radius 1 is 0.444 bits per heavy atom. The van der Waals surface area contributed by atoms with Crippen molar-refractivity contribution in [3.05, 3.63) is 151 Å². The smallest absolute Gasteiger partial charge is 0.252 e. The van der Waals surface area contributed by atoms with Crippen LogP contribution in [-0.4, -0.2) is 6.71 Å². The second-order valence-corrected chi connectivity index (χ2v) is 13.2. The summed E-state index contributed by atoms with van der Waals surface area (Å²) in [6.45, 7) is 0.167. The molecular formula is C42H33BN2. The normalized spacial score (nSPS) is 16.5. The van der Waals surface area contributed by atoms with Gasteiger partial charge in [0.2, 0.25) is 0 Å². The Labute approximate surface area is 265 Å². The molecule has 10 rings (SSSR count). The fourth-order valence-electron chi connectivity index (χ4n) is 9.25. The SMILES string of the molecule is c1ccc(N2c3ccccc3B3c4ccccc4N(c4ccc5c(c4)-c4ccccc4C54CCCCC4)c4cccc2c43)cc1. The molecule has 214 valence electrons. The van der Waals surface area contributed by atoms with Gasteiger partial charge in [-0.25, -0.2) is 0 Å². The van der Waals surface area contributed by atoms with Gasteiger partial charge in [0, 0.05) is 39.5 Å². The van der Waals surface area contributed by atoms with Gasteiger partial charge >= 0.3 is 0 Å². The summed E-state index contributed by atoms with van der Waals surface area (Å²) in [6.07, 6.45) is 6.49. The van der Waals surface area contributed by atoms with Crippen LogP contribution in [-0.2, 0) is 5.41 Å². The molecule has 0 radical (unpaired) electrons. The lowest BCUT2D eigenvalue weighted by molar-refractivity contribution is 0.353. The third-order valence-electron chi connectivity index (χ3n) is 11.0. The minimum atomic E-state index is 0.166. The largest absolute Gasteiger partial charge is 0.311 e. The molecule has 0 amide bonds. The maximum absolute atomic E-state index is 2.54. The van der Waals surface area contributed by atoms with Crippen LogP contribution in [0.4, 0.5) is 34.1 Å². The molecule has 6 aromatic rings. The molecule has 2 heterocycles. The van der Waals surface area contributed by atoms with Gasteiger partial charge in [-0.3, -0.25) is 0 Å². The van der Waals surface area contributed by atoms with Gasteiger partial charge in [-0.2, -0.15) is 0 Å². The van der Waals surface area contributed by atoms with E-state index in [1.54, 1.807) is 5.56 Å². The Morgan fingerprint density at radius 2 is 1.02 bits per heavy atom. The predicted octanol–water partition coefficient (Wildman–Crippen LogP) is 9.00. The number of rotatable bonds is 2. The van der Waals surface area contributed by atoms with Crippen molar-refractivity contribution in [2.24, 2.45) is 0 Å². The fraction of sp³-hybridized carbons (Fsp3) is 0.143. The molecule has 45 heavy (non-hydrogen) atoms. The van der Waals surface area contributed by atoms with Gasteiger partial charge in [-0.05, 0) is 100 Å². The highest BCUT2D eigenvalue weighted by Gasteiger charge is 2.45. The number of fused-ring (bicyclic) bond motifs is 9. The van der Waals surface area contributed by atoms with Gasteiger partial charge in [0.1, 0.15) is 0 Å². The lowest BCUT2D eigenvalue weighted by Crippen LogP contribution is -2.61. The highest BCUT2D eigenvalue weighted by Crippen LogP contribution is 2.57. The molecule has 0 atom stereocenters. The minimum absolute atomic E-state index is 0.166. The van der Waals surface area contributed by atoms with E-state index in [-0.39, 0.29) is 12.1 Å². The van der Waals surface area contributed by atoms with Crippen molar-refractivity contribution in [2.75, 3.05) is 9.80 Å². The van der Waals surface area contributed by atoms with Crippen LogP contribution < -0.4 is 26.2 Å². The summed E-state index contributed by atoms with van der Waals surface area (Å²) in [5, 5.41) is 0. The minimum Gasteiger partial charge on any atom is -0.311 e. The number of nitrogens with zero attached hydrogens (tertiary/aromatic N) is 2. The standard InChI is InChI=1S/C42H33BN2/c1-3-14-29(15-4-1)44-37-20-9-7-18-35(37)43-36-19-8-10-21-38(36)45(40-23-13-22-39(44)41(40)43)30-24-25-34-32(28-30)31-16-5-6-17-33(31)42(34)26-11-2-12-27-42/h1,3-10,13-25,28H,2,11-12,26-27H2. The Bertz CT molecular complexity index is 2130. The lowest BCUT2D eigenvalue weighted by atomic mass is 9.33. The summed E-state index contributed by atoms with van der Waals surface area (Å²) in [5.41, 5.74) is 17.7. The lowest BCUT2D eigenvalue weighted by Gasteiger charge is -2.44. The van der Waals surface area contributed by atoms with E-state index >= 15 is 0 Å². The Kier molecular flexibility index (Phi) is 5.34. The number of hydrogen-bond donors (Lipinski definition) is 0. The maximum atomic E-state index is 2.54. The van der Waals surface area contributed by atoms with Gasteiger partial charge in [-0.1, -0.05) is 110 Å². The molecule has 1 fully saturated rings. The number of anilines is 6. The summed E-state index contributed by atoms with van der Waals surface area (Å²) in [4.78, 5) is 5.00. The second kappa shape index (κ2) is 9.49. The molecule has 6 aromatic carbocycles. The van der Waals surface area contributed by atoms with Crippen molar-refractivity contribution >= 4 is 57.2 Å². The van der Waals surface area contributed by atoms with Crippen LogP contribution >= 0.6 is 0 Å². The summed E-state index contributed by atoms with van der Waals surface area (Å²) in [5.74, 6) is 0. The van der Waals surface area contributed by atoms with Crippen molar-refractivity contribution in [2.45, 2.75) is 37.5 Å². The number of hydrogen-bond acceptors (Lipinski definition) is 2. The van der Waals surface area contributed by atoms with Gasteiger partial charge < -0.3 is 9.80 Å². The molecule has 0 saturated heterocycles. The summed E-state index contributed by atoms with van der Waals surface area (Å²) in [6, 6.07) is 52.4. The molecule has 3 heteroatoms. The second-order valence-electron chi connectivity index (χ2n) is 13.2. The van der Waals surface area contributed by atoms with E-state index in [9.17, 15) is 0 Å². The molecule has 2 aliphatic heterocycles. The van der Waals surface area contributed by atoms with Crippen molar-refractivity contribution in [3.8, 4) is 11.1 Å². The molecule has 0 N–H and O–H groups in total. The van der Waals surface area contributed by atoms with Crippen molar-refractivity contribution in [3.63, 3.8) is 0 Å². The predicted molar refractivity (Wildman–Crippen MR) is 190 cm³/mol. The zero-order valence-electron chi connectivity index (χ0n) is 25.3. The van der Waals surface area contributed by atoms with Crippen LogP contribution in [0.15, 0.2) is 140 Å². The Morgan fingerprint density at radius 3 is 1.76 bits per heavy atom. The molecule has 4 aliphatic rings. The van der Waals surface area contributed by atoms with Crippen LogP contribution in [0.25, 0.3) is 11.1 Å². The molecule has 1 saturated carbocycles. The summed E-state index contributed by atoms with van der Waals surface area (Å²) >= 11 is 0. The highest BCUT2D eigenvalue weighted by atomic mass is 15.2. The van der Waals surface area contributed by atoms with Crippen LogP contribution in [0.3, 0.4) is 0 Å². The van der Waals surface area contributed by atoms with Crippen LogP contribution in [0, 0.1) is 0 Å². The van der Waals surface area contributed by atoms with Crippen LogP contribution in [0.1, 0.15) is 43.2 Å². The number of benzene rings is 6. The van der Waals surface area contributed by atoms with E-state index in [0.717, 1.165) is 0 Å². The zero-order chi connectivity index (χ0) is 29.5. The van der Waals surface area contributed by atoms with Gasteiger partial charge in [-0.15, -0.1) is 0 Å². The molecule has 0 unspecified atom stereocenters. The van der Waals surface area contributed by atoms with E-state index in [2.05, 4.69) is 149 Å². The van der Waals surface area contributed by atoms with Crippen LogP contribution in [0.2, 0.25) is 0 Å². The number of para-hydroxylation sites is 3. The molecular weight excluding hydrogens is 543 g/mol. The van der Waals surface area contributed by atoms with Crippen molar-refractivity contribution < 1.29 is 0 Å². The average molecular weight is 577 g/mol. The summed E-state index contributed by atoms with van der Waals surface area (Å²) < 4.78 is 0. The molecule has 1 spiro atoms. The molecule has 2 aliphatic carbocycles. The Hall–Kier alpha value is -5.02. The van der Waals surface area contributed by atoms with Gasteiger partial charge in [0.05, 0.1) is 0 Å². The van der Waals surface area contributed by atoms with Gasteiger partial charge in [0.25, 0.3) is 6.71 Å². The first-order chi connectivity index (χ1) is 22.3. The third-order valence-corrected chi connectivity index (χ3v) is 11.0. The van der Waals surface area contributed by atoms with Crippen molar-refractivity contribution in [1.82, 2.24) is 0 Å². The summed E-state index contributed by atoms with van der Waals surface area (Å²) in [7, 11) is 0. The van der Waals surface area contributed by atoms with Crippen molar-refractivity contribution in [1.29, 1.82) is 0 Å². The first kappa shape index (κ1) is 25.3. The Balaban J connectivity index is 1.22. The fourth-order valence-corrected chi connectivity index (χ4v) is 9.25. The van der Waals surface area contributed by atoms with E-state index in [1.165, 1.54) is 99.3 Å². The molecule has 0 aromatic heterocycles. The maximum Gasteiger partial charge on any atom is 0.252 e. The quantitative estimate of drug-likeness (QED) is 0.190. The third kappa shape index (κ3) is 3.41.